The van der Waals surface area contributed by atoms with E-state index >= 15 is 0 Å². The minimum atomic E-state index is 0.347. The summed E-state index contributed by atoms with van der Waals surface area (Å²) in [6.07, 6.45) is 11.8. The molecule has 0 aliphatic rings. The van der Waals surface area contributed by atoms with Crippen LogP contribution in [0.25, 0.3) is 0 Å². The molecule has 0 aromatic rings. The Morgan fingerprint density at radius 3 is 1.63 bits per heavy atom. The van der Waals surface area contributed by atoms with E-state index in [9.17, 15) is 0 Å². The van der Waals surface area contributed by atoms with E-state index in [2.05, 4.69) is 46.9 Å². The number of rotatable bonds is 12. The summed E-state index contributed by atoms with van der Waals surface area (Å²) in [6, 6.07) is 0. The summed E-state index contributed by atoms with van der Waals surface area (Å²) in [4.78, 5) is 0. The topological polar surface area (TPSA) is 12.0 Å². The Kier molecular flexibility index (Phi) is 9.78. The minimum absolute atomic E-state index is 0.347. The summed E-state index contributed by atoms with van der Waals surface area (Å²) < 4.78 is 0. The number of nitrogens with one attached hydrogen (secondary N) is 1. The Morgan fingerprint density at radius 2 is 1.26 bits per heavy atom. The summed E-state index contributed by atoms with van der Waals surface area (Å²) in [5.74, 6) is 0. The second-order valence-electron chi connectivity index (χ2n) is 6.16. The lowest BCUT2D eigenvalue weighted by Gasteiger charge is -2.51. The van der Waals surface area contributed by atoms with E-state index in [1.807, 2.05) is 0 Å². The van der Waals surface area contributed by atoms with Crippen LogP contribution in [0.4, 0.5) is 0 Å². The van der Waals surface area contributed by atoms with Gasteiger partial charge in [0.15, 0.2) is 0 Å². The van der Waals surface area contributed by atoms with Crippen LogP contribution in [0.1, 0.15) is 99.3 Å². The molecule has 0 aromatic carbocycles. The van der Waals surface area contributed by atoms with E-state index in [1.54, 1.807) is 0 Å². The van der Waals surface area contributed by atoms with Crippen LogP contribution < -0.4 is 5.32 Å². The molecule has 0 atom stereocenters. The van der Waals surface area contributed by atoms with Gasteiger partial charge in [0.1, 0.15) is 0 Å². The number of hydrogen-bond donors (Lipinski definition) is 1. The largest absolute Gasteiger partial charge is 0.311 e. The first-order valence-corrected chi connectivity index (χ1v) is 8.86. The molecule has 1 nitrogen and oxygen atoms in total. The monoisotopic (exact) mass is 269 g/mol. The Morgan fingerprint density at radius 1 is 0.684 bits per heavy atom. The van der Waals surface area contributed by atoms with Crippen LogP contribution in [0.5, 0.6) is 0 Å². The van der Waals surface area contributed by atoms with Crippen molar-refractivity contribution in [2.75, 3.05) is 6.54 Å². The quantitative estimate of drug-likeness (QED) is 0.433. The molecule has 116 valence electrons. The maximum absolute atomic E-state index is 4.00. The Balaban J connectivity index is 4.97. The van der Waals surface area contributed by atoms with Gasteiger partial charge in [-0.1, -0.05) is 60.8 Å². The molecule has 0 bridgehead atoms. The fraction of sp³-hybridized carbons (Fsp3) is 1.00. The van der Waals surface area contributed by atoms with Crippen molar-refractivity contribution in [1.29, 1.82) is 0 Å². The highest BCUT2D eigenvalue weighted by Gasteiger charge is 2.45. The van der Waals surface area contributed by atoms with Gasteiger partial charge in [-0.25, -0.2) is 0 Å². The average Bonchev–Trinajstić information content (AvgIpc) is 2.46. The molecule has 0 radical (unpaired) electrons. The van der Waals surface area contributed by atoms with E-state index in [0.29, 0.717) is 11.0 Å². The number of hydrogen-bond acceptors (Lipinski definition) is 1. The zero-order valence-electron chi connectivity index (χ0n) is 14.6. The Hall–Kier alpha value is -0.0400. The molecule has 0 aromatic heterocycles. The van der Waals surface area contributed by atoms with Crippen molar-refractivity contribution in [1.82, 2.24) is 5.32 Å². The molecule has 0 aliphatic carbocycles. The molecule has 0 saturated carbocycles. The van der Waals surface area contributed by atoms with Crippen molar-refractivity contribution < 1.29 is 0 Å². The highest BCUT2D eigenvalue weighted by Crippen LogP contribution is 2.46. The summed E-state index contributed by atoms with van der Waals surface area (Å²) in [5, 5.41) is 4.00. The molecule has 1 heteroatoms. The summed E-state index contributed by atoms with van der Waals surface area (Å²) >= 11 is 0. The summed E-state index contributed by atoms with van der Waals surface area (Å²) in [6.45, 7) is 15.4. The molecular weight excluding hydrogens is 230 g/mol. The van der Waals surface area contributed by atoms with Crippen LogP contribution >= 0.6 is 0 Å². The fourth-order valence-electron chi connectivity index (χ4n) is 4.14. The first-order chi connectivity index (χ1) is 9.11. The summed E-state index contributed by atoms with van der Waals surface area (Å²) in [7, 11) is 0. The molecule has 0 aliphatic heterocycles. The van der Waals surface area contributed by atoms with Gasteiger partial charge in [-0.05, 0) is 50.5 Å². The molecule has 1 N–H and O–H groups in total. The predicted octanol–water partition coefficient (Wildman–Crippen LogP) is 5.93. The molecule has 0 unspecified atom stereocenters. The normalized spacial score (nSPS) is 12.9. The van der Waals surface area contributed by atoms with Crippen molar-refractivity contribution in [2.24, 2.45) is 5.41 Å². The van der Waals surface area contributed by atoms with E-state index in [0.717, 1.165) is 0 Å². The third kappa shape index (κ3) is 4.48. The van der Waals surface area contributed by atoms with Crippen LogP contribution in [-0.2, 0) is 0 Å². The van der Waals surface area contributed by atoms with Gasteiger partial charge in [0, 0.05) is 5.54 Å². The van der Waals surface area contributed by atoms with Crippen molar-refractivity contribution in [3.63, 3.8) is 0 Å². The first kappa shape index (κ1) is 19.0. The molecule has 0 rings (SSSR count). The zero-order chi connectivity index (χ0) is 14.8. The van der Waals surface area contributed by atoms with Crippen LogP contribution in [-0.4, -0.2) is 12.1 Å². The molecule has 0 fully saturated rings. The first-order valence-electron chi connectivity index (χ1n) is 8.86. The van der Waals surface area contributed by atoms with Gasteiger partial charge in [-0.15, -0.1) is 0 Å². The highest BCUT2D eigenvalue weighted by molar-refractivity contribution is 5.01. The van der Waals surface area contributed by atoms with Gasteiger partial charge in [0.2, 0.25) is 0 Å². The van der Waals surface area contributed by atoms with E-state index in [-0.39, 0.29) is 0 Å². The van der Waals surface area contributed by atoms with Crippen LogP contribution in [0, 0.1) is 5.41 Å². The van der Waals surface area contributed by atoms with Gasteiger partial charge in [-0.2, -0.15) is 0 Å². The van der Waals surface area contributed by atoms with Gasteiger partial charge in [0.05, 0.1) is 0 Å². The van der Waals surface area contributed by atoms with Gasteiger partial charge < -0.3 is 5.32 Å². The lowest BCUT2D eigenvalue weighted by molar-refractivity contribution is 0.0485. The number of unbranched alkanes of at least 4 members (excludes halogenated alkanes) is 2. The molecule has 0 heterocycles. The standard InChI is InChI=1S/C18H39N/c1-7-13-14-16-19-18(11-5,12-6)17(9-3,10-4)15-8-2/h19H,7-16H2,1-6H3. The van der Waals surface area contributed by atoms with E-state index < -0.39 is 0 Å². The van der Waals surface area contributed by atoms with Crippen LogP contribution in [0.15, 0.2) is 0 Å². The van der Waals surface area contributed by atoms with Crippen molar-refractivity contribution >= 4 is 0 Å². The van der Waals surface area contributed by atoms with Gasteiger partial charge in [0.25, 0.3) is 0 Å². The van der Waals surface area contributed by atoms with E-state index in [4.69, 9.17) is 0 Å². The SMILES string of the molecule is CCCCCNC(CC)(CC)C(CC)(CC)CCC. The Bertz CT molecular complexity index is 202. The van der Waals surface area contributed by atoms with Crippen molar-refractivity contribution in [2.45, 2.75) is 105 Å². The minimum Gasteiger partial charge on any atom is -0.311 e. The lowest BCUT2D eigenvalue weighted by Crippen LogP contribution is -2.57. The lowest BCUT2D eigenvalue weighted by atomic mass is 9.61. The molecular formula is C18H39N. The Labute approximate surface area is 122 Å². The average molecular weight is 270 g/mol. The van der Waals surface area contributed by atoms with Gasteiger partial charge in [-0.3, -0.25) is 0 Å². The van der Waals surface area contributed by atoms with Crippen LogP contribution in [0.3, 0.4) is 0 Å². The third-order valence-corrected chi connectivity index (χ3v) is 5.55. The predicted molar refractivity (Wildman–Crippen MR) is 88.8 cm³/mol. The van der Waals surface area contributed by atoms with E-state index in [1.165, 1.54) is 64.3 Å². The summed E-state index contributed by atoms with van der Waals surface area (Å²) in [5.41, 5.74) is 0.831. The molecule has 0 amide bonds. The smallest absolute Gasteiger partial charge is 0.0232 e. The second kappa shape index (κ2) is 9.80. The molecule has 0 spiro atoms. The molecule has 19 heavy (non-hydrogen) atoms. The fourth-order valence-corrected chi connectivity index (χ4v) is 4.14. The van der Waals surface area contributed by atoms with Crippen molar-refractivity contribution in [3.05, 3.63) is 0 Å². The zero-order valence-corrected chi connectivity index (χ0v) is 14.6. The maximum Gasteiger partial charge on any atom is 0.0232 e. The van der Waals surface area contributed by atoms with Crippen LogP contribution in [0.2, 0.25) is 0 Å². The van der Waals surface area contributed by atoms with Crippen molar-refractivity contribution in [3.8, 4) is 0 Å². The second-order valence-corrected chi connectivity index (χ2v) is 6.16. The maximum atomic E-state index is 4.00. The van der Waals surface area contributed by atoms with Gasteiger partial charge >= 0.3 is 0 Å². The third-order valence-electron chi connectivity index (χ3n) is 5.55. The highest BCUT2D eigenvalue weighted by atomic mass is 15.0. The molecule has 0 saturated heterocycles.